The molecule has 1 fully saturated rings. The summed E-state index contributed by atoms with van der Waals surface area (Å²) in [5.41, 5.74) is 2.34. The SMILES string of the molecule is CN(C)c1nc([C@H]2CCCN2C(=O)c2cnccn2)cn2cccc12. The van der Waals surface area contributed by atoms with Crippen LogP contribution in [0.4, 0.5) is 5.82 Å². The molecule has 128 valence electrons. The van der Waals surface area contributed by atoms with Crippen LogP contribution in [0.2, 0.25) is 0 Å². The molecule has 1 atom stereocenters. The van der Waals surface area contributed by atoms with Crippen LogP contribution in [0.3, 0.4) is 0 Å². The van der Waals surface area contributed by atoms with Crippen molar-refractivity contribution in [1.82, 2.24) is 24.3 Å². The van der Waals surface area contributed by atoms with Crippen molar-refractivity contribution in [3.8, 4) is 0 Å². The van der Waals surface area contributed by atoms with Gasteiger partial charge in [0.05, 0.1) is 23.4 Å². The van der Waals surface area contributed by atoms with Gasteiger partial charge in [-0.25, -0.2) is 9.97 Å². The Morgan fingerprint density at radius 3 is 2.96 bits per heavy atom. The second-order valence-corrected chi connectivity index (χ2v) is 6.43. The third kappa shape index (κ3) is 2.71. The highest BCUT2D eigenvalue weighted by Gasteiger charge is 2.33. The summed E-state index contributed by atoms with van der Waals surface area (Å²) < 4.78 is 2.07. The molecular weight excluding hydrogens is 316 g/mol. The van der Waals surface area contributed by atoms with Crippen LogP contribution in [-0.2, 0) is 0 Å². The molecule has 0 N–H and O–H groups in total. The maximum absolute atomic E-state index is 12.8. The molecule has 4 heterocycles. The highest BCUT2D eigenvalue weighted by atomic mass is 16.2. The number of rotatable bonds is 3. The normalized spacial score (nSPS) is 17.2. The van der Waals surface area contributed by atoms with Crippen molar-refractivity contribution in [3.05, 3.63) is 54.5 Å². The Morgan fingerprint density at radius 1 is 1.32 bits per heavy atom. The molecule has 4 rings (SSSR count). The molecule has 0 spiro atoms. The first-order chi connectivity index (χ1) is 12.1. The van der Waals surface area contributed by atoms with E-state index in [0.717, 1.165) is 29.9 Å². The Labute approximate surface area is 145 Å². The predicted molar refractivity (Wildman–Crippen MR) is 94.6 cm³/mol. The fourth-order valence-electron chi connectivity index (χ4n) is 3.41. The van der Waals surface area contributed by atoms with E-state index >= 15 is 0 Å². The lowest BCUT2D eigenvalue weighted by Crippen LogP contribution is -2.32. The molecule has 3 aromatic heterocycles. The van der Waals surface area contributed by atoms with Gasteiger partial charge in [0.15, 0.2) is 5.82 Å². The Bertz CT molecular complexity index is 904. The fraction of sp³-hybridized carbons (Fsp3) is 0.333. The van der Waals surface area contributed by atoms with Crippen LogP contribution in [0.15, 0.2) is 43.1 Å². The molecule has 0 saturated carbocycles. The number of hydrogen-bond acceptors (Lipinski definition) is 5. The van der Waals surface area contributed by atoms with Gasteiger partial charge < -0.3 is 14.2 Å². The molecule has 0 aromatic carbocycles. The van der Waals surface area contributed by atoms with Crippen LogP contribution in [0.5, 0.6) is 0 Å². The molecule has 1 saturated heterocycles. The highest BCUT2D eigenvalue weighted by molar-refractivity contribution is 5.92. The summed E-state index contributed by atoms with van der Waals surface area (Å²) in [6.07, 6.45) is 10.5. The predicted octanol–water partition coefficient (Wildman–Crippen LogP) is 2.17. The third-order valence-electron chi connectivity index (χ3n) is 4.58. The smallest absolute Gasteiger partial charge is 0.274 e. The lowest BCUT2D eigenvalue weighted by molar-refractivity contribution is 0.0726. The van der Waals surface area contributed by atoms with Crippen molar-refractivity contribution in [3.63, 3.8) is 0 Å². The molecule has 1 aliphatic rings. The minimum atomic E-state index is -0.0867. The molecule has 0 unspecified atom stereocenters. The Balaban J connectivity index is 1.73. The number of fused-ring (bicyclic) bond motifs is 1. The standard InChI is InChI=1S/C18H20N6O/c1-22(2)17-16-6-3-9-23(16)12-14(21-17)15-5-4-10-24(15)18(25)13-11-19-7-8-20-13/h3,6-9,11-12,15H,4-5,10H2,1-2H3/t15-/m1/s1. The number of anilines is 1. The summed E-state index contributed by atoms with van der Waals surface area (Å²) in [6, 6.07) is 4.01. The van der Waals surface area contributed by atoms with Crippen molar-refractivity contribution in [1.29, 1.82) is 0 Å². The molecule has 1 amide bonds. The first-order valence-electron chi connectivity index (χ1n) is 8.37. The van der Waals surface area contributed by atoms with Crippen LogP contribution in [0.25, 0.3) is 5.52 Å². The maximum Gasteiger partial charge on any atom is 0.274 e. The molecule has 0 bridgehead atoms. The van der Waals surface area contributed by atoms with Crippen molar-refractivity contribution in [2.45, 2.75) is 18.9 Å². The van der Waals surface area contributed by atoms with Crippen molar-refractivity contribution in [2.75, 3.05) is 25.5 Å². The minimum Gasteiger partial charge on any atom is -0.361 e. The van der Waals surface area contributed by atoms with Crippen LogP contribution >= 0.6 is 0 Å². The zero-order valence-electron chi connectivity index (χ0n) is 14.3. The summed E-state index contributed by atoms with van der Waals surface area (Å²) in [6.45, 7) is 0.711. The van der Waals surface area contributed by atoms with E-state index in [2.05, 4.69) is 14.4 Å². The number of nitrogens with zero attached hydrogens (tertiary/aromatic N) is 6. The highest BCUT2D eigenvalue weighted by Crippen LogP contribution is 2.33. The monoisotopic (exact) mass is 336 g/mol. The lowest BCUT2D eigenvalue weighted by atomic mass is 10.1. The summed E-state index contributed by atoms with van der Waals surface area (Å²) in [7, 11) is 3.96. The lowest BCUT2D eigenvalue weighted by Gasteiger charge is -2.25. The fourth-order valence-corrected chi connectivity index (χ4v) is 3.41. The van der Waals surface area contributed by atoms with Gasteiger partial charge in [-0.2, -0.15) is 0 Å². The van der Waals surface area contributed by atoms with Gasteiger partial charge in [0, 0.05) is 45.4 Å². The number of aromatic nitrogens is 4. The van der Waals surface area contributed by atoms with Crippen molar-refractivity contribution >= 4 is 17.2 Å². The first-order valence-corrected chi connectivity index (χ1v) is 8.37. The van der Waals surface area contributed by atoms with Gasteiger partial charge in [0.1, 0.15) is 5.69 Å². The molecule has 1 aliphatic heterocycles. The topological polar surface area (TPSA) is 66.6 Å². The zero-order chi connectivity index (χ0) is 17.4. The quantitative estimate of drug-likeness (QED) is 0.733. The molecular formula is C18H20N6O. The average Bonchev–Trinajstić information content (AvgIpc) is 3.29. The molecule has 7 heteroatoms. The van der Waals surface area contributed by atoms with E-state index in [0.29, 0.717) is 12.2 Å². The van der Waals surface area contributed by atoms with E-state index < -0.39 is 0 Å². The molecule has 0 aliphatic carbocycles. The van der Waals surface area contributed by atoms with E-state index in [1.165, 1.54) is 6.20 Å². The first kappa shape index (κ1) is 15.6. The summed E-state index contributed by atoms with van der Waals surface area (Å²) in [5, 5.41) is 0. The summed E-state index contributed by atoms with van der Waals surface area (Å²) in [5.74, 6) is 0.817. The number of carbonyl (C=O) groups is 1. The Hall–Kier alpha value is -2.96. The van der Waals surface area contributed by atoms with Gasteiger partial charge in [-0.05, 0) is 25.0 Å². The number of carbonyl (C=O) groups excluding carboxylic acids is 1. The van der Waals surface area contributed by atoms with E-state index in [4.69, 9.17) is 4.98 Å². The van der Waals surface area contributed by atoms with Gasteiger partial charge in [0.2, 0.25) is 0 Å². The van der Waals surface area contributed by atoms with Gasteiger partial charge in [-0.3, -0.25) is 9.78 Å². The van der Waals surface area contributed by atoms with E-state index in [1.54, 1.807) is 12.4 Å². The van der Waals surface area contributed by atoms with Crippen LogP contribution in [-0.4, -0.2) is 50.8 Å². The molecule has 3 aromatic rings. The van der Waals surface area contributed by atoms with Gasteiger partial charge in [-0.15, -0.1) is 0 Å². The number of hydrogen-bond donors (Lipinski definition) is 0. The van der Waals surface area contributed by atoms with Gasteiger partial charge >= 0.3 is 0 Å². The largest absolute Gasteiger partial charge is 0.361 e. The van der Waals surface area contributed by atoms with Crippen LogP contribution in [0, 0.1) is 0 Å². The van der Waals surface area contributed by atoms with Crippen molar-refractivity contribution < 1.29 is 4.79 Å². The summed E-state index contributed by atoms with van der Waals surface area (Å²) >= 11 is 0. The zero-order valence-corrected chi connectivity index (χ0v) is 14.3. The molecule has 25 heavy (non-hydrogen) atoms. The third-order valence-corrected chi connectivity index (χ3v) is 4.58. The van der Waals surface area contributed by atoms with Crippen LogP contribution < -0.4 is 4.90 Å². The second-order valence-electron chi connectivity index (χ2n) is 6.43. The molecule has 7 nitrogen and oxygen atoms in total. The average molecular weight is 336 g/mol. The number of amides is 1. The van der Waals surface area contributed by atoms with E-state index in [9.17, 15) is 4.79 Å². The van der Waals surface area contributed by atoms with Gasteiger partial charge in [0.25, 0.3) is 5.91 Å². The Kier molecular flexibility index (Phi) is 3.83. The Morgan fingerprint density at radius 2 is 2.20 bits per heavy atom. The minimum absolute atomic E-state index is 0.0417. The van der Waals surface area contributed by atoms with Gasteiger partial charge in [-0.1, -0.05) is 0 Å². The molecule has 0 radical (unpaired) electrons. The maximum atomic E-state index is 12.8. The van der Waals surface area contributed by atoms with Crippen molar-refractivity contribution in [2.24, 2.45) is 0 Å². The van der Waals surface area contributed by atoms with E-state index in [1.807, 2.05) is 48.4 Å². The van der Waals surface area contributed by atoms with E-state index in [-0.39, 0.29) is 11.9 Å². The second kappa shape index (κ2) is 6.16. The summed E-state index contributed by atoms with van der Waals surface area (Å²) in [4.78, 5) is 29.7. The number of likely N-dealkylation sites (tertiary alicyclic amines) is 1. The van der Waals surface area contributed by atoms with Crippen LogP contribution in [0.1, 0.15) is 35.1 Å².